The predicted octanol–water partition coefficient (Wildman–Crippen LogP) is 4.91. The average Bonchev–Trinajstić information content (AvgIpc) is 3.01. The molecule has 41 heavy (non-hydrogen) atoms. The summed E-state index contributed by atoms with van der Waals surface area (Å²) in [6.45, 7) is 14.0. The summed E-state index contributed by atoms with van der Waals surface area (Å²) in [7, 11) is 0. The summed E-state index contributed by atoms with van der Waals surface area (Å²) in [6, 6.07) is 8.61. The Morgan fingerprint density at radius 1 is 1.05 bits per heavy atom. The van der Waals surface area contributed by atoms with Crippen molar-refractivity contribution >= 4 is 35.2 Å². The molecule has 0 aliphatic carbocycles. The Kier molecular flexibility index (Phi) is 10.3. The van der Waals surface area contributed by atoms with Crippen molar-refractivity contribution in [2.45, 2.75) is 78.2 Å². The van der Waals surface area contributed by atoms with Crippen molar-refractivity contribution in [2.75, 3.05) is 16.8 Å². The number of carboxylic acids is 1. The largest absolute Gasteiger partial charge is 0.490 e. The first-order valence-corrected chi connectivity index (χ1v) is 12.8. The van der Waals surface area contributed by atoms with Crippen LogP contribution >= 0.6 is 0 Å². The van der Waals surface area contributed by atoms with Gasteiger partial charge in [0.25, 0.3) is 5.91 Å². The van der Waals surface area contributed by atoms with E-state index in [1.54, 1.807) is 43.3 Å². The number of urea groups is 1. The molecule has 2 aromatic rings. The lowest BCUT2D eigenvalue weighted by Gasteiger charge is -2.27. The van der Waals surface area contributed by atoms with Gasteiger partial charge in [0, 0.05) is 30.2 Å². The van der Waals surface area contributed by atoms with Crippen molar-refractivity contribution in [3.8, 4) is 0 Å². The van der Waals surface area contributed by atoms with E-state index in [1.165, 1.54) is 4.90 Å². The molecule has 1 aliphatic rings. The van der Waals surface area contributed by atoms with Crippen molar-refractivity contribution in [2.24, 2.45) is 0 Å². The molecule has 0 saturated carbocycles. The number of nitrogens with one attached hydrogen (secondary N) is 2. The number of carboxylic acid groups (broad SMARTS) is 1. The zero-order chi connectivity index (χ0) is 31.3. The van der Waals surface area contributed by atoms with Gasteiger partial charge in [-0.05, 0) is 75.9 Å². The Morgan fingerprint density at radius 2 is 1.61 bits per heavy atom. The molecule has 4 amide bonds. The fraction of sp³-hybridized carbons (Fsp3) is 0.464. The van der Waals surface area contributed by atoms with Gasteiger partial charge in [-0.3, -0.25) is 14.6 Å². The number of rotatable bonds is 7. The van der Waals surface area contributed by atoms with Crippen LogP contribution in [0.4, 0.5) is 29.3 Å². The fourth-order valence-electron chi connectivity index (χ4n) is 3.83. The summed E-state index contributed by atoms with van der Waals surface area (Å²) in [5, 5.41) is 13.3. The number of aliphatic carboxylic acids is 1. The third-order valence-electron chi connectivity index (χ3n) is 6.13. The maximum Gasteiger partial charge on any atom is 0.490 e. The molecule has 1 aromatic heterocycles. The molecule has 2 heterocycles. The average molecular weight is 580 g/mol. The van der Waals surface area contributed by atoms with Crippen LogP contribution in [0, 0.1) is 0 Å². The second kappa shape index (κ2) is 12.7. The number of aromatic nitrogens is 1. The van der Waals surface area contributed by atoms with Crippen molar-refractivity contribution in [1.29, 1.82) is 0 Å². The van der Waals surface area contributed by atoms with Crippen LogP contribution in [0.25, 0.3) is 0 Å². The van der Waals surface area contributed by atoms with Gasteiger partial charge in [0.1, 0.15) is 5.54 Å². The van der Waals surface area contributed by atoms with Crippen LogP contribution in [0.2, 0.25) is 0 Å². The first-order chi connectivity index (χ1) is 18.8. The van der Waals surface area contributed by atoms with Gasteiger partial charge < -0.3 is 20.6 Å². The summed E-state index contributed by atoms with van der Waals surface area (Å²) in [5.41, 5.74) is 1.64. The van der Waals surface area contributed by atoms with Crippen LogP contribution in [0.1, 0.15) is 65.5 Å². The van der Waals surface area contributed by atoms with Crippen molar-refractivity contribution in [1.82, 2.24) is 15.2 Å². The zero-order valence-electron chi connectivity index (χ0n) is 24.1. The number of alkyl halides is 3. The van der Waals surface area contributed by atoms with Crippen molar-refractivity contribution in [3.05, 3.63) is 53.9 Å². The lowest BCUT2D eigenvalue weighted by molar-refractivity contribution is -0.192. The van der Waals surface area contributed by atoms with Gasteiger partial charge in [0.05, 0.1) is 12.2 Å². The third kappa shape index (κ3) is 8.74. The minimum atomic E-state index is -5.08. The minimum absolute atomic E-state index is 0.143. The van der Waals surface area contributed by atoms with Gasteiger partial charge in [0.2, 0.25) is 5.91 Å². The van der Waals surface area contributed by atoms with Gasteiger partial charge in [-0.2, -0.15) is 13.2 Å². The minimum Gasteiger partial charge on any atom is -0.475 e. The number of anilines is 2. The number of carbonyl (C=O) groups excluding carboxylic acids is 3. The van der Waals surface area contributed by atoms with E-state index in [0.29, 0.717) is 17.9 Å². The number of nitrogens with zero attached hydrogens (tertiary/aromatic N) is 3. The number of carbonyl (C=O) groups is 4. The highest BCUT2D eigenvalue weighted by atomic mass is 19.4. The quantitative estimate of drug-likeness (QED) is 0.397. The Labute approximate surface area is 236 Å². The number of hydrogen-bond acceptors (Lipinski definition) is 6. The van der Waals surface area contributed by atoms with E-state index in [4.69, 9.17) is 9.90 Å². The van der Waals surface area contributed by atoms with Gasteiger partial charge >= 0.3 is 18.2 Å². The Balaban J connectivity index is 0.000000745. The standard InChI is InChI=1S/C26H35N5O3.C2HF3O2/c1-17(2)20-9-8-19(14-21(20)29-22(32)15-28-25(3,4)5)31-23(33)26(6,7)30(24(31)34)16-18-10-12-27-13-11-18;3-2(4,5)1(6)7/h8-14,17,28H,15-16H2,1-7H3,(H,29,32);(H,6,7). The summed E-state index contributed by atoms with van der Waals surface area (Å²) in [6.07, 6.45) is -1.76. The highest BCUT2D eigenvalue weighted by Crippen LogP contribution is 2.36. The van der Waals surface area contributed by atoms with Gasteiger partial charge in [-0.15, -0.1) is 0 Å². The molecule has 1 saturated heterocycles. The van der Waals surface area contributed by atoms with E-state index in [0.717, 1.165) is 11.1 Å². The van der Waals surface area contributed by atoms with Gasteiger partial charge in [-0.1, -0.05) is 19.9 Å². The maximum absolute atomic E-state index is 13.4. The topological polar surface area (TPSA) is 132 Å². The monoisotopic (exact) mass is 579 g/mol. The molecule has 224 valence electrons. The molecular formula is C28H36F3N5O5. The van der Waals surface area contributed by atoms with E-state index >= 15 is 0 Å². The molecule has 0 atom stereocenters. The smallest absolute Gasteiger partial charge is 0.475 e. The van der Waals surface area contributed by atoms with E-state index in [1.807, 2.05) is 52.8 Å². The van der Waals surface area contributed by atoms with Crippen LogP contribution < -0.4 is 15.5 Å². The summed E-state index contributed by atoms with van der Waals surface area (Å²) in [4.78, 5) is 55.1. The Bertz CT molecular complexity index is 1270. The molecule has 0 radical (unpaired) electrons. The first-order valence-electron chi connectivity index (χ1n) is 12.8. The molecule has 1 aliphatic heterocycles. The van der Waals surface area contributed by atoms with Gasteiger partial charge in [-0.25, -0.2) is 14.5 Å². The van der Waals surface area contributed by atoms with E-state index in [-0.39, 0.29) is 29.8 Å². The predicted molar refractivity (Wildman–Crippen MR) is 147 cm³/mol. The van der Waals surface area contributed by atoms with Crippen molar-refractivity contribution < 1.29 is 37.5 Å². The van der Waals surface area contributed by atoms with Crippen LogP contribution in [0.5, 0.6) is 0 Å². The highest BCUT2D eigenvalue weighted by molar-refractivity contribution is 6.23. The number of hydrogen-bond donors (Lipinski definition) is 3. The van der Waals surface area contributed by atoms with E-state index in [9.17, 15) is 27.6 Å². The van der Waals surface area contributed by atoms with Crippen molar-refractivity contribution in [3.63, 3.8) is 0 Å². The fourth-order valence-corrected chi connectivity index (χ4v) is 3.83. The number of pyridine rings is 1. The molecule has 1 aromatic carbocycles. The Morgan fingerprint density at radius 3 is 2.10 bits per heavy atom. The maximum atomic E-state index is 13.4. The summed E-state index contributed by atoms with van der Waals surface area (Å²) < 4.78 is 31.7. The van der Waals surface area contributed by atoms with Crippen LogP contribution in [0.15, 0.2) is 42.7 Å². The molecule has 3 N–H and O–H groups in total. The van der Waals surface area contributed by atoms with E-state index < -0.39 is 23.7 Å². The molecule has 0 bridgehead atoms. The molecule has 3 rings (SSSR count). The third-order valence-corrected chi connectivity index (χ3v) is 6.13. The second-order valence-electron chi connectivity index (χ2n) is 11.3. The van der Waals surface area contributed by atoms with Crippen LogP contribution in [-0.2, 0) is 20.9 Å². The zero-order valence-corrected chi connectivity index (χ0v) is 24.1. The number of halogens is 3. The molecule has 1 fully saturated rings. The van der Waals surface area contributed by atoms with Gasteiger partial charge in [0.15, 0.2) is 0 Å². The number of benzene rings is 1. The van der Waals surface area contributed by atoms with Crippen LogP contribution in [0.3, 0.4) is 0 Å². The first kappa shape index (κ1) is 33.2. The molecule has 13 heteroatoms. The normalized spacial score (nSPS) is 15.1. The second-order valence-corrected chi connectivity index (χ2v) is 11.3. The molecular weight excluding hydrogens is 543 g/mol. The molecule has 0 unspecified atom stereocenters. The lowest BCUT2D eigenvalue weighted by Crippen LogP contribution is -2.43. The number of amides is 4. The van der Waals surface area contributed by atoms with E-state index in [2.05, 4.69) is 15.6 Å². The molecule has 0 spiro atoms. The summed E-state index contributed by atoms with van der Waals surface area (Å²) >= 11 is 0. The number of imide groups is 1. The lowest BCUT2D eigenvalue weighted by atomic mass is 9.99. The SMILES string of the molecule is CC(C)c1ccc(N2C(=O)N(Cc3ccncc3)C(C)(C)C2=O)cc1NC(=O)CNC(C)(C)C.O=C(O)C(F)(F)F. The molecule has 10 nitrogen and oxygen atoms in total. The summed E-state index contributed by atoms with van der Waals surface area (Å²) in [5.74, 6) is -3.11. The van der Waals surface area contributed by atoms with Crippen LogP contribution in [-0.4, -0.2) is 62.6 Å². The Hall–Kier alpha value is -4.00. The highest BCUT2D eigenvalue weighted by Gasteiger charge is 2.51.